The zero-order valence-electron chi connectivity index (χ0n) is 18.6. The molecule has 0 bridgehead atoms. The van der Waals surface area contributed by atoms with Gasteiger partial charge in [0.2, 0.25) is 0 Å². The first kappa shape index (κ1) is 22.4. The molecule has 1 aliphatic rings. The summed E-state index contributed by atoms with van der Waals surface area (Å²) < 4.78 is 5.41. The van der Waals surface area contributed by atoms with Crippen molar-refractivity contribution in [2.45, 2.75) is 6.92 Å². The molecule has 172 valence electrons. The molecule has 2 amide bonds. The van der Waals surface area contributed by atoms with Crippen LogP contribution in [-0.4, -0.2) is 17.8 Å². The van der Waals surface area contributed by atoms with Gasteiger partial charge in [0.15, 0.2) is 0 Å². The molecule has 0 fully saturated rings. The number of amides is 2. The van der Waals surface area contributed by atoms with Gasteiger partial charge in [-0.3, -0.25) is 9.59 Å². The minimum Gasteiger partial charge on any atom is -0.423 e. The topological polar surface area (TPSA) is 75.7 Å². The zero-order chi connectivity index (χ0) is 24.5. The summed E-state index contributed by atoms with van der Waals surface area (Å²) in [6.07, 6.45) is 0. The molecule has 0 unspecified atom stereocenters. The smallest absolute Gasteiger partial charge is 0.343 e. The standard InChI is InChI=1S/C28H19ClN2O4/c1-17-6-4-9-21(16-17)35-28(34)19-12-14-20(15-13-19)30-25-24(29)26(32)31(27(25)33)23-11-5-8-18-7-2-3-10-22(18)23/h2-16,30H,1H3. The van der Waals surface area contributed by atoms with Gasteiger partial charge in [-0.05, 0) is 60.3 Å². The Morgan fingerprint density at radius 2 is 1.57 bits per heavy atom. The third-order valence-corrected chi connectivity index (χ3v) is 5.98. The van der Waals surface area contributed by atoms with Crippen LogP contribution in [-0.2, 0) is 9.59 Å². The van der Waals surface area contributed by atoms with Crippen molar-refractivity contribution < 1.29 is 19.1 Å². The quantitative estimate of drug-likeness (QED) is 0.221. The molecule has 7 heteroatoms. The molecule has 5 rings (SSSR count). The minimum absolute atomic E-state index is 0.0281. The van der Waals surface area contributed by atoms with Gasteiger partial charge in [-0.2, -0.15) is 0 Å². The molecular weight excluding hydrogens is 464 g/mol. The predicted octanol–water partition coefficient (Wildman–Crippen LogP) is 5.80. The Morgan fingerprint density at radius 3 is 2.34 bits per heavy atom. The van der Waals surface area contributed by atoms with E-state index in [2.05, 4.69) is 5.32 Å². The van der Waals surface area contributed by atoms with Crippen molar-refractivity contribution >= 4 is 51.5 Å². The Kier molecular flexibility index (Phi) is 5.81. The molecule has 0 atom stereocenters. The number of rotatable bonds is 5. The van der Waals surface area contributed by atoms with Gasteiger partial charge in [0.25, 0.3) is 11.8 Å². The van der Waals surface area contributed by atoms with E-state index in [9.17, 15) is 14.4 Å². The summed E-state index contributed by atoms with van der Waals surface area (Å²) in [7, 11) is 0. The van der Waals surface area contributed by atoms with Gasteiger partial charge in [0.05, 0.1) is 11.3 Å². The molecule has 0 radical (unpaired) electrons. The summed E-state index contributed by atoms with van der Waals surface area (Å²) in [6, 6.07) is 26.4. The molecule has 1 aliphatic heterocycles. The molecule has 4 aromatic carbocycles. The minimum atomic E-state index is -0.603. The molecule has 0 saturated heterocycles. The van der Waals surface area contributed by atoms with Crippen LogP contribution >= 0.6 is 11.6 Å². The highest BCUT2D eigenvalue weighted by atomic mass is 35.5. The number of carbonyl (C=O) groups is 3. The Bertz CT molecular complexity index is 1520. The number of imide groups is 1. The second-order valence-electron chi connectivity index (χ2n) is 8.04. The maximum Gasteiger partial charge on any atom is 0.343 e. The lowest BCUT2D eigenvalue weighted by molar-refractivity contribution is -0.120. The van der Waals surface area contributed by atoms with Crippen LogP contribution in [0, 0.1) is 6.92 Å². The maximum absolute atomic E-state index is 13.2. The fourth-order valence-electron chi connectivity index (χ4n) is 3.91. The van der Waals surface area contributed by atoms with Crippen molar-refractivity contribution in [3.05, 3.63) is 113 Å². The number of nitrogens with zero attached hydrogens (tertiary/aromatic N) is 1. The Balaban J connectivity index is 1.35. The summed E-state index contributed by atoms with van der Waals surface area (Å²) >= 11 is 6.28. The molecule has 6 nitrogen and oxygen atoms in total. The van der Waals surface area contributed by atoms with Crippen molar-refractivity contribution in [2.75, 3.05) is 10.2 Å². The number of hydrogen-bond donors (Lipinski definition) is 1. The average molecular weight is 483 g/mol. The fourth-order valence-corrected chi connectivity index (χ4v) is 4.12. The van der Waals surface area contributed by atoms with Crippen molar-refractivity contribution in [3.63, 3.8) is 0 Å². The number of halogens is 1. The predicted molar refractivity (Wildman–Crippen MR) is 136 cm³/mol. The number of fused-ring (bicyclic) bond motifs is 1. The number of aryl methyl sites for hydroxylation is 1. The van der Waals surface area contributed by atoms with Gasteiger partial charge in [-0.25, -0.2) is 9.69 Å². The molecule has 4 aromatic rings. The van der Waals surface area contributed by atoms with Gasteiger partial charge < -0.3 is 10.1 Å². The molecule has 0 aliphatic carbocycles. The second-order valence-corrected chi connectivity index (χ2v) is 8.42. The van der Waals surface area contributed by atoms with Crippen LogP contribution in [0.5, 0.6) is 5.75 Å². The van der Waals surface area contributed by atoms with Gasteiger partial charge in [0.1, 0.15) is 16.5 Å². The molecule has 1 N–H and O–H groups in total. The number of nitrogens with one attached hydrogen (secondary N) is 1. The van der Waals surface area contributed by atoms with Gasteiger partial charge in [-0.1, -0.05) is 60.1 Å². The molecule has 0 saturated carbocycles. The number of esters is 1. The maximum atomic E-state index is 13.2. The van der Waals surface area contributed by atoms with E-state index in [0.717, 1.165) is 21.2 Å². The fraction of sp³-hybridized carbons (Fsp3) is 0.0357. The van der Waals surface area contributed by atoms with Crippen LogP contribution in [0.3, 0.4) is 0 Å². The van der Waals surface area contributed by atoms with Crippen molar-refractivity contribution in [1.82, 2.24) is 0 Å². The molecule has 0 aromatic heterocycles. The summed E-state index contributed by atoms with van der Waals surface area (Å²) in [5, 5.41) is 4.38. The largest absolute Gasteiger partial charge is 0.423 e. The van der Waals surface area contributed by atoms with E-state index in [1.807, 2.05) is 49.4 Å². The van der Waals surface area contributed by atoms with E-state index in [1.165, 1.54) is 0 Å². The molecule has 1 heterocycles. The first-order valence-electron chi connectivity index (χ1n) is 10.8. The molecular formula is C28H19ClN2O4. The lowest BCUT2D eigenvalue weighted by atomic mass is 10.1. The average Bonchev–Trinajstić information content (AvgIpc) is 3.07. The molecule has 35 heavy (non-hydrogen) atoms. The van der Waals surface area contributed by atoms with Crippen molar-refractivity contribution in [3.8, 4) is 5.75 Å². The van der Waals surface area contributed by atoms with Crippen LogP contribution in [0.25, 0.3) is 10.8 Å². The van der Waals surface area contributed by atoms with E-state index in [-0.39, 0.29) is 10.7 Å². The van der Waals surface area contributed by atoms with E-state index in [0.29, 0.717) is 22.7 Å². The van der Waals surface area contributed by atoms with Crippen LogP contribution in [0.4, 0.5) is 11.4 Å². The summed E-state index contributed by atoms with van der Waals surface area (Å²) in [6.45, 7) is 1.91. The SMILES string of the molecule is Cc1cccc(OC(=O)c2ccc(NC3=C(Cl)C(=O)N(c4cccc5ccccc45)C3=O)cc2)c1. The highest BCUT2D eigenvalue weighted by Gasteiger charge is 2.39. The Hall–Kier alpha value is -4.42. The number of benzene rings is 4. The second kappa shape index (κ2) is 9.08. The van der Waals surface area contributed by atoms with Crippen LogP contribution in [0.2, 0.25) is 0 Å². The van der Waals surface area contributed by atoms with Gasteiger partial charge in [0, 0.05) is 11.1 Å². The monoisotopic (exact) mass is 482 g/mol. The zero-order valence-corrected chi connectivity index (χ0v) is 19.4. The highest BCUT2D eigenvalue weighted by molar-refractivity contribution is 6.53. The summed E-state index contributed by atoms with van der Waals surface area (Å²) in [5.41, 5.74) is 2.24. The van der Waals surface area contributed by atoms with Crippen LogP contribution in [0.1, 0.15) is 15.9 Å². The van der Waals surface area contributed by atoms with Crippen molar-refractivity contribution in [2.24, 2.45) is 0 Å². The van der Waals surface area contributed by atoms with E-state index in [4.69, 9.17) is 16.3 Å². The first-order chi connectivity index (χ1) is 16.9. The van der Waals surface area contributed by atoms with E-state index < -0.39 is 17.8 Å². The van der Waals surface area contributed by atoms with Crippen LogP contribution < -0.4 is 15.0 Å². The lowest BCUT2D eigenvalue weighted by Crippen LogP contribution is -2.32. The van der Waals surface area contributed by atoms with E-state index >= 15 is 0 Å². The van der Waals surface area contributed by atoms with Gasteiger partial charge >= 0.3 is 5.97 Å². The van der Waals surface area contributed by atoms with Crippen molar-refractivity contribution in [1.29, 1.82) is 0 Å². The summed E-state index contributed by atoms with van der Waals surface area (Å²) in [4.78, 5) is 39.6. The first-order valence-corrected chi connectivity index (χ1v) is 11.2. The number of carbonyl (C=O) groups excluding carboxylic acids is 3. The summed E-state index contributed by atoms with van der Waals surface area (Å²) in [5.74, 6) is -1.21. The number of anilines is 2. The number of hydrogen-bond acceptors (Lipinski definition) is 5. The normalized spacial score (nSPS) is 13.5. The molecule has 0 spiro atoms. The highest BCUT2D eigenvalue weighted by Crippen LogP contribution is 2.34. The van der Waals surface area contributed by atoms with Gasteiger partial charge in [-0.15, -0.1) is 0 Å². The lowest BCUT2D eigenvalue weighted by Gasteiger charge is -2.17. The number of ether oxygens (including phenoxy) is 1. The van der Waals surface area contributed by atoms with E-state index in [1.54, 1.807) is 48.5 Å². The third kappa shape index (κ3) is 4.27. The Morgan fingerprint density at radius 1 is 0.857 bits per heavy atom. The van der Waals surface area contributed by atoms with Crippen LogP contribution in [0.15, 0.2) is 102 Å². The third-order valence-electron chi connectivity index (χ3n) is 5.62. The Labute approximate surface area is 206 Å².